The van der Waals surface area contributed by atoms with E-state index >= 15 is 0 Å². The molecule has 1 saturated carbocycles. The van der Waals surface area contributed by atoms with Crippen LogP contribution in [-0.2, 0) is 11.2 Å². The van der Waals surface area contributed by atoms with E-state index in [0.29, 0.717) is 6.42 Å². The fourth-order valence-corrected chi connectivity index (χ4v) is 3.54. The second-order valence-corrected chi connectivity index (χ2v) is 6.51. The van der Waals surface area contributed by atoms with Gasteiger partial charge in [-0.2, -0.15) is 0 Å². The summed E-state index contributed by atoms with van der Waals surface area (Å²) in [6.07, 6.45) is 7.67. The lowest BCUT2D eigenvalue weighted by Gasteiger charge is -2.36. The molecule has 3 nitrogen and oxygen atoms in total. The second kappa shape index (κ2) is 7.06. The van der Waals surface area contributed by atoms with E-state index in [1.165, 1.54) is 11.3 Å². The Hall–Kier alpha value is -0.870. The minimum Gasteiger partial charge on any atom is -0.394 e. The van der Waals surface area contributed by atoms with Gasteiger partial charge in [0.05, 0.1) is 12.1 Å². The highest BCUT2D eigenvalue weighted by Crippen LogP contribution is 2.27. The van der Waals surface area contributed by atoms with Crippen molar-refractivity contribution in [1.29, 1.82) is 0 Å². The van der Waals surface area contributed by atoms with Gasteiger partial charge in [-0.15, -0.1) is 11.3 Å². The minimum absolute atomic E-state index is 0.0731. The van der Waals surface area contributed by atoms with E-state index in [4.69, 9.17) is 0 Å². The summed E-state index contributed by atoms with van der Waals surface area (Å²) in [5, 5.41) is 14.7. The Morgan fingerprint density at radius 1 is 1.37 bits per heavy atom. The lowest BCUT2D eigenvalue weighted by Crippen LogP contribution is -2.52. The van der Waals surface area contributed by atoms with Gasteiger partial charge in [-0.1, -0.05) is 25.3 Å². The number of rotatable bonds is 6. The first-order valence-electron chi connectivity index (χ1n) is 7.18. The average molecular weight is 281 g/mol. The van der Waals surface area contributed by atoms with Crippen molar-refractivity contribution < 1.29 is 9.90 Å². The first kappa shape index (κ1) is 14.5. The Labute approximate surface area is 119 Å². The van der Waals surface area contributed by atoms with Crippen molar-refractivity contribution >= 4 is 17.2 Å². The molecule has 4 heteroatoms. The molecule has 1 aliphatic rings. The van der Waals surface area contributed by atoms with Crippen LogP contribution in [0.2, 0.25) is 0 Å². The van der Waals surface area contributed by atoms with Crippen molar-refractivity contribution in [3.8, 4) is 0 Å². The van der Waals surface area contributed by atoms with Crippen LogP contribution < -0.4 is 5.32 Å². The molecule has 1 aliphatic carbocycles. The number of aliphatic hydroxyl groups is 1. The summed E-state index contributed by atoms with van der Waals surface area (Å²) in [6.45, 7) is 0.0731. The molecule has 0 bridgehead atoms. The van der Waals surface area contributed by atoms with Crippen molar-refractivity contribution in [2.45, 2.75) is 56.9 Å². The van der Waals surface area contributed by atoms with Gasteiger partial charge in [-0.25, -0.2) is 0 Å². The summed E-state index contributed by atoms with van der Waals surface area (Å²) in [6, 6.07) is 4.15. The summed E-state index contributed by atoms with van der Waals surface area (Å²) in [7, 11) is 0. The highest BCUT2D eigenvalue weighted by Gasteiger charge is 2.32. The van der Waals surface area contributed by atoms with Crippen molar-refractivity contribution in [1.82, 2.24) is 5.32 Å². The van der Waals surface area contributed by atoms with Gasteiger partial charge >= 0.3 is 0 Å². The molecule has 0 saturated heterocycles. The molecule has 0 atom stereocenters. The van der Waals surface area contributed by atoms with Crippen LogP contribution in [-0.4, -0.2) is 23.2 Å². The molecule has 0 radical (unpaired) electrons. The number of aryl methyl sites for hydroxylation is 1. The van der Waals surface area contributed by atoms with Crippen LogP contribution in [0.3, 0.4) is 0 Å². The zero-order valence-corrected chi connectivity index (χ0v) is 12.2. The normalized spacial score (nSPS) is 18.2. The highest BCUT2D eigenvalue weighted by atomic mass is 32.1. The molecule has 2 rings (SSSR count). The van der Waals surface area contributed by atoms with E-state index in [1.807, 2.05) is 6.07 Å². The fraction of sp³-hybridized carbons (Fsp3) is 0.667. The molecule has 0 aromatic carbocycles. The standard InChI is InChI=1S/C15H23NO2S/c17-12-15(9-2-1-3-10-15)16-14(18)8-4-6-13-7-5-11-19-13/h5,7,11,17H,1-4,6,8-10,12H2,(H,16,18). The van der Waals surface area contributed by atoms with Crippen LogP contribution in [0.25, 0.3) is 0 Å². The number of nitrogens with one attached hydrogen (secondary N) is 1. The summed E-state index contributed by atoms with van der Waals surface area (Å²) in [4.78, 5) is 13.3. The number of thiophene rings is 1. The third-order valence-corrected chi connectivity index (χ3v) is 4.86. The van der Waals surface area contributed by atoms with E-state index in [0.717, 1.165) is 38.5 Å². The van der Waals surface area contributed by atoms with Crippen LogP contribution in [0.4, 0.5) is 0 Å². The Balaban J connectivity index is 1.73. The van der Waals surface area contributed by atoms with Crippen molar-refractivity contribution in [3.05, 3.63) is 22.4 Å². The van der Waals surface area contributed by atoms with Gasteiger partial charge in [0.25, 0.3) is 0 Å². The summed E-state index contributed by atoms with van der Waals surface area (Å²) in [5.41, 5.74) is -0.335. The van der Waals surface area contributed by atoms with E-state index in [9.17, 15) is 9.90 Å². The second-order valence-electron chi connectivity index (χ2n) is 5.48. The average Bonchev–Trinajstić information content (AvgIpc) is 2.93. The Morgan fingerprint density at radius 2 is 2.16 bits per heavy atom. The van der Waals surface area contributed by atoms with Gasteiger partial charge in [-0.3, -0.25) is 4.79 Å². The maximum absolute atomic E-state index is 12.0. The molecule has 1 amide bonds. The molecule has 1 fully saturated rings. The van der Waals surface area contributed by atoms with Crippen molar-refractivity contribution in [3.63, 3.8) is 0 Å². The lowest BCUT2D eigenvalue weighted by molar-refractivity contribution is -0.124. The first-order valence-corrected chi connectivity index (χ1v) is 8.06. The fourth-order valence-electron chi connectivity index (χ4n) is 2.79. The largest absolute Gasteiger partial charge is 0.394 e. The number of aliphatic hydroxyl groups excluding tert-OH is 1. The predicted octanol–water partition coefficient (Wildman–Crippen LogP) is 2.88. The summed E-state index contributed by atoms with van der Waals surface area (Å²) >= 11 is 1.74. The molecule has 0 spiro atoms. The molecule has 1 heterocycles. The van der Waals surface area contributed by atoms with Crippen LogP contribution in [0.1, 0.15) is 49.8 Å². The van der Waals surface area contributed by atoms with Gasteiger partial charge in [0.2, 0.25) is 5.91 Å². The molecule has 19 heavy (non-hydrogen) atoms. The number of hydrogen-bond acceptors (Lipinski definition) is 3. The van der Waals surface area contributed by atoms with E-state index < -0.39 is 0 Å². The van der Waals surface area contributed by atoms with E-state index in [2.05, 4.69) is 16.8 Å². The molecule has 2 N–H and O–H groups in total. The summed E-state index contributed by atoms with van der Waals surface area (Å²) in [5.74, 6) is 0.0903. The molecule has 1 aromatic rings. The third kappa shape index (κ3) is 4.32. The van der Waals surface area contributed by atoms with Crippen molar-refractivity contribution in [2.75, 3.05) is 6.61 Å². The van der Waals surface area contributed by atoms with Gasteiger partial charge in [0.1, 0.15) is 0 Å². The number of carbonyl (C=O) groups is 1. The van der Waals surface area contributed by atoms with Crippen LogP contribution in [0.5, 0.6) is 0 Å². The topological polar surface area (TPSA) is 49.3 Å². The number of carbonyl (C=O) groups excluding carboxylic acids is 1. The zero-order chi connectivity index (χ0) is 13.6. The molecule has 0 unspecified atom stereocenters. The maximum atomic E-state index is 12.0. The molecule has 0 aliphatic heterocycles. The van der Waals surface area contributed by atoms with Crippen LogP contribution >= 0.6 is 11.3 Å². The van der Waals surface area contributed by atoms with Crippen LogP contribution in [0, 0.1) is 0 Å². The monoisotopic (exact) mass is 281 g/mol. The highest BCUT2D eigenvalue weighted by molar-refractivity contribution is 7.09. The zero-order valence-electron chi connectivity index (χ0n) is 11.4. The number of hydrogen-bond donors (Lipinski definition) is 2. The van der Waals surface area contributed by atoms with E-state index in [-0.39, 0.29) is 18.1 Å². The van der Waals surface area contributed by atoms with Gasteiger partial charge in [0, 0.05) is 11.3 Å². The van der Waals surface area contributed by atoms with Gasteiger partial charge in [0.15, 0.2) is 0 Å². The smallest absolute Gasteiger partial charge is 0.220 e. The third-order valence-electron chi connectivity index (χ3n) is 3.93. The SMILES string of the molecule is O=C(CCCc1cccs1)NC1(CO)CCCCC1. The quantitative estimate of drug-likeness (QED) is 0.842. The van der Waals surface area contributed by atoms with Crippen LogP contribution in [0.15, 0.2) is 17.5 Å². The molecular formula is C15H23NO2S. The predicted molar refractivity (Wildman–Crippen MR) is 78.3 cm³/mol. The minimum atomic E-state index is -0.335. The maximum Gasteiger partial charge on any atom is 0.220 e. The van der Waals surface area contributed by atoms with Crippen molar-refractivity contribution in [2.24, 2.45) is 0 Å². The van der Waals surface area contributed by atoms with Gasteiger partial charge in [-0.05, 0) is 37.1 Å². The molecule has 106 valence electrons. The van der Waals surface area contributed by atoms with E-state index in [1.54, 1.807) is 11.3 Å². The Kier molecular flexibility index (Phi) is 5.40. The van der Waals surface area contributed by atoms with Gasteiger partial charge < -0.3 is 10.4 Å². The number of amides is 1. The Bertz CT molecular complexity index is 383. The first-order chi connectivity index (χ1) is 9.24. The Morgan fingerprint density at radius 3 is 2.79 bits per heavy atom. The lowest BCUT2D eigenvalue weighted by atomic mass is 9.82. The molecule has 1 aromatic heterocycles. The summed E-state index contributed by atoms with van der Waals surface area (Å²) < 4.78 is 0. The molecular weight excluding hydrogens is 258 g/mol.